The van der Waals surface area contributed by atoms with Gasteiger partial charge in [-0.05, 0) is 0 Å². The molecule has 0 aliphatic carbocycles. The molecule has 1 aromatic heterocycles. The van der Waals surface area contributed by atoms with E-state index < -0.39 is 28.1 Å². The Morgan fingerprint density at radius 3 is 2.57 bits per heavy atom. The lowest BCUT2D eigenvalue weighted by Crippen LogP contribution is -1.99. The van der Waals surface area contributed by atoms with Crippen LogP contribution in [0, 0.1) is 0 Å². The first-order valence-electron chi connectivity index (χ1n) is 3.52. The minimum atomic E-state index is -4.81. The van der Waals surface area contributed by atoms with Crippen LogP contribution < -0.4 is 0 Å². The molecule has 14 heavy (non-hydrogen) atoms. The zero-order valence-corrected chi connectivity index (χ0v) is 7.93. The summed E-state index contributed by atoms with van der Waals surface area (Å²) in [6.45, 7) is 0. The maximum Gasteiger partial charge on any atom is 0.306 e. The predicted molar refractivity (Wildman–Crippen MR) is 41.9 cm³/mol. The molecule has 0 amide bonds. The quantitative estimate of drug-likeness (QED) is 0.729. The van der Waals surface area contributed by atoms with Gasteiger partial charge in [0.2, 0.25) is 0 Å². The molecule has 0 aliphatic rings. The number of aryl methyl sites for hydroxylation is 1. The minimum absolute atomic E-state index is 0.315. The molecule has 1 heterocycles. The van der Waals surface area contributed by atoms with Gasteiger partial charge < -0.3 is 0 Å². The Labute approximate surface area is 78.6 Å². The maximum absolute atomic E-state index is 12.2. The summed E-state index contributed by atoms with van der Waals surface area (Å²) in [6, 6.07) is 0. The van der Waals surface area contributed by atoms with Crippen molar-refractivity contribution in [3.8, 4) is 0 Å². The number of halogens is 3. The van der Waals surface area contributed by atoms with Crippen LogP contribution in [0.25, 0.3) is 0 Å². The number of rotatable bonds is 3. The van der Waals surface area contributed by atoms with E-state index in [1.165, 1.54) is 7.05 Å². The summed E-state index contributed by atoms with van der Waals surface area (Å²) >= 11 is 0. The summed E-state index contributed by atoms with van der Waals surface area (Å²) in [5, 5.41) is 3.33. The molecule has 0 bridgehead atoms. The van der Waals surface area contributed by atoms with Gasteiger partial charge in [0.15, 0.2) is 0 Å². The number of hydrogen-bond donors (Lipinski definition) is 0. The fourth-order valence-corrected chi connectivity index (χ4v) is 1.63. The monoisotopic (exact) mass is 228 g/mol. The third-order valence-corrected chi connectivity index (χ3v) is 2.13. The largest absolute Gasteiger partial charge is 0.306 e. The van der Waals surface area contributed by atoms with Crippen molar-refractivity contribution in [2.45, 2.75) is 12.2 Å². The van der Waals surface area contributed by atoms with E-state index in [1.54, 1.807) is 0 Å². The summed E-state index contributed by atoms with van der Waals surface area (Å²) in [4.78, 5) is 0. The molecule has 0 unspecified atom stereocenters. The number of aromatic nitrogens is 2. The van der Waals surface area contributed by atoms with E-state index in [0.717, 1.165) is 10.9 Å². The molecular weight excluding hydrogens is 221 g/mol. The van der Waals surface area contributed by atoms with Gasteiger partial charge in [-0.3, -0.25) is 4.68 Å². The number of alkyl halides is 2. The molecule has 80 valence electrons. The van der Waals surface area contributed by atoms with E-state index in [2.05, 4.69) is 5.10 Å². The molecule has 1 aromatic rings. The van der Waals surface area contributed by atoms with Gasteiger partial charge >= 0.3 is 10.2 Å². The lowest BCUT2D eigenvalue weighted by molar-refractivity contribution is 0.144. The van der Waals surface area contributed by atoms with E-state index in [9.17, 15) is 21.1 Å². The summed E-state index contributed by atoms with van der Waals surface area (Å²) in [5.74, 6) is -1.07. The standard InChI is InChI=1S/C6H7F3N2O2S/c1-11-2-4(3-14(9,12)13)5(10-11)6(7)8/h2,6H,3H2,1H3. The Kier molecular flexibility index (Phi) is 2.84. The van der Waals surface area contributed by atoms with E-state index in [-0.39, 0.29) is 5.56 Å². The number of nitrogens with zero attached hydrogens (tertiary/aromatic N) is 2. The topological polar surface area (TPSA) is 52.0 Å². The first-order valence-corrected chi connectivity index (χ1v) is 5.08. The summed E-state index contributed by atoms with van der Waals surface area (Å²) in [5.41, 5.74) is -1.02. The zero-order valence-electron chi connectivity index (χ0n) is 7.11. The van der Waals surface area contributed by atoms with Crippen molar-refractivity contribution in [1.29, 1.82) is 0 Å². The third kappa shape index (κ3) is 2.72. The van der Waals surface area contributed by atoms with Crippen molar-refractivity contribution >= 4 is 10.2 Å². The minimum Gasteiger partial charge on any atom is -0.275 e. The van der Waals surface area contributed by atoms with Crippen LogP contribution in [-0.4, -0.2) is 18.2 Å². The van der Waals surface area contributed by atoms with Crippen LogP contribution in [0.3, 0.4) is 0 Å². The van der Waals surface area contributed by atoms with E-state index >= 15 is 0 Å². The van der Waals surface area contributed by atoms with E-state index in [1.807, 2.05) is 0 Å². The van der Waals surface area contributed by atoms with Gasteiger partial charge in [-0.1, -0.05) is 0 Å². The average Bonchev–Trinajstić information content (AvgIpc) is 2.27. The SMILES string of the molecule is Cn1cc(CS(=O)(=O)F)c(C(F)F)n1. The summed E-state index contributed by atoms with van der Waals surface area (Å²) in [6.07, 6.45) is -1.86. The molecule has 0 saturated carbocycles. The molecule has 4 nitrogen and oxygen atoms in total. The molecule has 0 fully saturated rings. The van der Waals surface area contributed by atoms with Gasteiger partial charge in [-0.15, -0.1) is 3.89 Å². The summed E-state index contributed by atoms with van der Waals surface area (Å²) < 4.78 is 58.2. The first-order chi connectivity index (χ1) is 6.29. The molecule has 1 rings (SSSR count). The second kappa shape index (κ2) is 3.60. The fraction of sp³-hybridized carbons (Fsp3) is 0.500. The molecule has 0 aromatic carbocycles. The van der Waals surface area contributed by atoms with Crippen molar-refractivity contribution in [3.63, 3.8) is 0 Å². The highest BCUT2D eigenvalue weighted by atomic mass is 32.3. The van der Waals surface area contributed by atoms with Gasteiger partial charge in [0.05, 0.1) is 0 Å². The number of hydrogen-bond acceptors (Lipinski definition) is 3. The van der Waals surface area contributed by atoms with Gasteiger partial charge in [-0.25, -0.2) is 8.78 Å². The highest BCUT2D eigenvalue weighted by molar-refractivity contribution is 7.85. The van der Waals surface area contributed by atoms with Gasteiger partial charge in [0.25, 0.3) is 6.43 Å². The molecule has 0 spiro atoms. The normalized spacial score (nSPS) is 12.4. The van der Waals surface area contributed by atoms with Crippen molar-refractivity contribution in [1.82, 2.24) is 9.78 Å². The van der Waals surface area contributed by atoms with Gasteiger partial charge in [0, 0.05) is 18.8 Å². The molecule has 0 radical (unpaired) electrons. The lowest BCUT2D eigenvalue weighted by atomic mass is 10.3. The molecular formula is C6H7F3N2O2S. The first kappa shape index (κ1) is 11.0. The smallest absolute Gasteiger partial charge is 0.275 e. The van der Waals surface area contributed by atoms with Crippen LogP contribution in [0.4, 0.5) is 12.7 Å². The molecule has 0 saturated heterocycles. The Bertz CT molecular complexity index is 426. The fourth-order valence-electron chi connectivity index (χ4n) is 1.04. The van der Waals surface area contributed by atoms with Crippen LogP contribution in [0.2, 0.25) is 0 Å². The lowest BCUT2D eigenvalue weighted by Gasteiger charge is -1.96. The van der Waals surface area contributed by atoms with Crippen LogP contribution in [0.1, 0.15) is 17.7 Å². The Hall–Kier alpha value is -1.05. The highest BCUT2D eigenvalue weighted by Gasteiger charge is 2.21. The van der Waals surface area contributed by atoms with Crippen molar-refractivity contribution in [2.24, 2.45) is 7.05 Å². The van der Waals surface area contributed by atoms with Crippen LogP contribution in [0.15, 0.2) is 6.20 Å². The van der Waals surface area contributed by atoms with Crippen molar-refractivity contribution < 1.29 is 21.1 Å². The maximum atomic E-state index is 12.2. The Balaban J connectivity index is 3.08. The Morgan fingerprint density at radius 1 is 1.57 bits per heavy atom. The Morgan fingerprint density at radius 2 is 2.14 bits per heavy atom. The van der Waals surface area contributed by atoms with Crippen molar-refractivity contribution in [2.75, 3.05) is 0 Å². The zero-order chi connectivity index (χ0) is 10.9. The van der Waals surface area contributed by atoms with Crippen molar-refractivity contribution in [3.05, 3.63) is 17.5 Å². The van der Waals surface area contributed by atoms with Crippen LogP contribution >= 0.6 is 0 Å². The third-order valence-electron chi connectivity index (χ3n) is 1.47. The summed E-state index contributed by atoms with van der Waals surface area (Å²) in [7, 11) is -3.46. The molecule has 0 aliphatic heterocycles. The second-order valence-electron chi connectivity index (χ2n) is 2.70. The van der Waals surface area contributed by atoms with E-state index in [0.29, 0.717) is 0 Å². The van der Waals surface area contributed by atoms with Crippen LogP contribution in [0.5, 0.6) is 0 Å². The average molecular weight is 228 g/mol. The van der Waals surface area contributed by atoms with Gasteiger partial charge in [0.1, 0.15) is 11.4 Å². The van der Waals surface area contributed by atoms with E-state index in [4.69, 9.17) is 0 Å². The molecule has 0 atom stereocenters. The van der Waals surface area contributed by atoms with Gasteiger partial charge in [-0.2, -0.15) is 13.5 Å². The second-order valence-corrected chi connectivity index (χ2v) is 4.06. The predicted octanol–water partition coefficient (Wildman–Crippen LogP) is 1.16. The molecule has 8 heteroatoms. The molecule has 0 N–H and O–H groups in total. The highest BCUT2D eigenvalue weighted by Crippen LogP contribution is 2.22. The van der Waals surface area contributed by atoms with Crippen LogP contribution in [-0.2, 0) is 23.0 Å².